The van der Waals surface area contributed by atoms with E-state index in [1.807, 2.05) is 41.9 Å². The molecule has 0 N–H and O–H groups in total. The Bertz CT molecular complexity index is 798. The minimum absolute atomic E-state index is 0.241. The predicted molar refractivity (Wildman–Crippen MR) is 103 cm³/mol. The van der Waals surface area contributed by atoms with Crippen molar-refractivity contribution >= 4 is 5.91 Å². The first-order valence-corrected chi connectivity index (χ1v) is 9.65. The molecule has 138 valence electrons. The zero-order valence-electron chi connectivity index (χ0n) is 16.0. The number of hydrogen-bond donors (Lipinski definition) is 0. The van der Waals surface area contributed by atoms with Crippen LogP contribution in [0.3, 0.4) is 0 Å². The smallest absolute Gasteiger partial charge is 0.227 e. The van der Waals surface area contributed by atoms with E-state index in [1.165, 1.54) is 12.8 Å². The SMILES string of the molecule is Cc1nn(-c2ccccc2)c(C)c1CC(=O)N1CC[C@@H]2CC[C@H](C1)N2C. The number of para-hydroxylation sites is 1. The largest absolute Gasteiger partial charge is 0.341 e. The van der Waals surface area contributed by atoms with Crippen molar-refractivity contribution in [2.75, 3.05) is 20.1 Å². The number of nitrogens with zero attached hydrogens (tertiary/aromatic N) is 4. The number of benzene rings is 1. The van der Waals surface area contributed by atoms with Crippen LogP contribution in [0.25, 0.3) is 5.69 Å². The standard InChI is InChI=1S/C21H28N4O/c1-15-20(16(2)25(22-15)18-7-5-4-6-8-18)13-21(26)24-12-11-17-9-10-19(14-24)23(17)3/h4-8,17,19H,9-14H2,1-3H3/t17-,19+/m0/s1. The number of likely N-dealkylation sites (N-methyl/N-ethyl adjacent to an activating group) is 1. The summed E-state index contributed by atoms with van der Waals surface area (Å²) in [6.07, 6.45) is 4.05. The molecular formula is C21H28N4O. The van der Waals surface area contributed by atoms with Gasteiger partial charge in [0.2, 0.25) is 5.91 Å². The first-order valence-electron chi connectivity index (χ1n) is 9.65. The summed E-state index contributed by atoms with van der Waals surface area (Å²) in [5, 5.41) is 4.69. The van der Waals surface area contributed by atoms with Crippen LogP contribution >= 0.6 is 0 Å². The molecule has 1 aromatic heterocycles. The molecule has 0 aliphatic carbocycles. The maximum absolute atomic E-state index is 13.0. The minimum Gasteiger partial charge on any atom is -0.341 e. The summed E-state index contributed by atoms with van der Waals surface area (Å²) in [5.41, 5.74) is 4.13. The number of amides is 1. The van der Waals surface area contributed by atoms with Gasteiger partial charge in [-0.25, -0.2) is 4.68 Å². The molecule has 2 aliphatic heterocycles. The van der Waals surface area contributed by atoms with Gasteiger partial charge in [0.05, 0.1) is 17.8 Å². The van der Waals surface area contributed by atoms with Crippen LogP contribution < -0.4 is 0 Å². The third-order valence-electron chi connectivity index (χ3n) is 6.27. The maximum Gasteiger partial charge on any atom is 0.227 e. The Labute approximate surface area is 155 Å². The van der Waals surface area contributed by atoms with Crippen molar-refractivity contribution in [1.29, 1.82) is 0 Å². The number of carbonyl (C=O) groups is 1. The van der Waals surface area contributed by atoms with Crippen LogP contribution in [0.1, 0.15) is 36.2 Å². The first-order chi connectivity index (χ1) is 12.5. The van der Waals surface area contributed by atoms with Crippen molar-refractivity contribution in [3.8, 4) is 5.69 Å². The third kappa shape index (κ3) is 3.05. The number of aryl methyl sites for hydroxylation is 1. The number of aromatic nitrogens is 2. The predicted octanol–water partition coefficient (Wildman–Crippen LogP) is 2.73. The zero-order chi connectivity index (χ0) is 18.3. The molecular weight excluding hydrogens is 324 g/mol. The Morgan fingerprint density at radius 1 is 1.12 bits per heavy atom. The molecule has 1 aromatic carbocycles. The Morgan fingerprint density at radius 2 is 1.85 bits per heavy atom. The van der Waals surface area contributed by atoms with Crippen LogP contribution in [0, 0.1) is 13.8 Å². The van der Waals surface area contributed by atoms with Crippen molar-refractivity contribution in [3.05, 3.63) is 47.3 Å². The van der Waals surface area contributed by atoms with Crippen LogP contribution in [0.5, 0.6) is 0 Å². The van der Waals surface area contributed by atoms with Gasteiger partial charge in [-0.15, -0.1) is 0 Å². The summed E-state index contributed by atoms with van der Waals surface area (Å²) in [6, 6.07) is 11.3. The Balaban J connectivity index is 1.52. The fourth-order valence-electron chi connectivity index (χ4n) is 4.55. The quantitative estimate of drug-likeness (QED) is 0.853. The molecule has 3 heterocycles. The summed E-state index contributed by atoms with van der Waals surface area (Å²) in [7, 11) is 2.22. The van der Waals surface area contributed by atoms with E-state index in [-0.39, 0.29) is 5.91 Å². The lowest BCUT2D eigenvalue weighted by atomic mass is 10.1. The number of hydrogen-bond acceptors (Lipinski definition) is 3. The molecule has 0 spiro atoms. The molecule has 0 radical (unpaired) electrons. The van der Waals surface area contributed by atoms with Crippen molar-refractivity contribution in [1.82, 2.24) is 19.6 Å². The molecule has 0 saturated carbocycles. The normalized spacial score (nSPS) is 23.3. The highest BCUT2D eigenvalue weighted by Gasteiger charge is 2.36. The van der Waals surface area contributed by atoms with E-state index in [4.69, 9.17) is 0 Å². The summed E-state index contributed by atoms with van der Waals surface area (Å²) in [4.78, 5) is 17.6. The van der Waals surface area contributed by atoms with Crippen molar-refractivity contribution in [2.45, 2.75) is 51.6 Å². The van der Waals surface area contributed by atoms with Gasteiger partial charge in [-0.05, 0) is 52.3 Å². The zero-order valence-corrected chi connectivity index (χ0v) is 16.0. The molecule has 4 rings (SSSR count). The molecule has 1 amide bonds. The topological polar surface area (TPSA) is 41.4 Å². The Kier molecular flexibility index (Phi) is 4.57. The average Bonchev–Trinajstić information content (AvgIpc) is 3.05. The van der Waals surface area contributed by atoms with E-state index in [2.05, 4.69) is 28.9 Å². The second kappa shape index (κ2) is 6.88. The highest BCUT2D eigenvalue weighted by molar-refractivity contribution is 5.79. The molecule has 2 fully saturated rings. The van der Waals surface area contributed by atoms with Gasteiger partial charge in [0.1, 0.15) is 0 Å². The Morgan fingerprint density at radius 3 is 2.62 bits per heavy atom. The van der Waals surface area contributed by atoms with E-state index >= 15 is 0 Å². The lowest BCUT2D eigenvalue weighted by Crippen LogP contribution is -2.40. The van der Waals surface area contributed by atoms with E-state index < -0.39 is 0 Å². The van der Waals surface area contributed by atoms with Crippen LogP contribution in [-0.2, 0) is 11.2 Å². The fraction of sp³-hybridized carbons (Fsp3) is 0.524. The van der Waals surface area contributed by atoms with Crippen LogP contribution in [0.4, 0.5) is 0 Å². The van der Waals surface area contributed by atoms with Gasteiger partial charge >= 0.3 is 0 Å². The average molecular weight is 352 g/mol. The van der Waals surface area contributed by atoms with Crippen LogP contribution in [0.2, 0.25) is 0 Å². The van der Waals surface area contributed by atoms with Crippen molar-refractivity contribution in [3.63, 3.8) is 0 Å². The van der Waals surface area contributed by atoms with Crippen LogP contribution in [-0.4, -0.2) is 57.7 Å². The fourth-order valence-corrected chi connectivity index (χ4v) is 4.55. The summed E-state index contributed by atoms with van der Waals surface area (Å²) in [5.74, 6) is 0.241. The van der Waals surface area contributed by atoms with Gasteiger partial charge < -0.3 is 4.90 Å². The molecule has 5 heteroatoms. The summed E-state index contributed by atoms with van der Waals surface area (Å²) >= 11 is 0. The van der Waals surface area contributed by atoms with Gasteiger partial charge in [-0.3, -0.25) is 9.69 Å². The number of rotatable bonds is 3. The van der Waals surface area contributed by atoms with E-state index in [9.17, 15) is 4.79 Å². The van der Waals surface area contributed by atoms with Crippen molar-refractivity contribution in [2.24, 2.45) is 0 Å². The summed E-state index contributed by atoms with van der Waals surface area (Å²) in [6.45, 7) is 5.83. The second-order valence-electron chi connectivity index (χ2n) is 7.75. The first kappa shape index (κ1) is 17.3. The van der Waals surface area contributed by atoms with Gasteiger partial charge in [0.25, 0.3) is 0 Å². The van der Waals surface area contributed by atoms with E-state index in [0.717, 1.165) is 42.1 Å². The van der Waals surface area contributed by atoms with E-state index in [0.29, 0.717) is 18.5 Å². The monoisotopic (exact) mass is 352 g/mol. The minimum atomic E-state index is 0.241. The van der Waals surface area contributed by atoms with Crippen LogP contribution in [0.15, 0.2) is 30.3 Å². The Hall–Kier alpha value is -2.14. The maximum atomic E-state index is 13.0. The molecule has 2 aliphatic rings. The highest BCUT2D eigenvalue weighted by atomic mass is 16.2. The number of fused-ring (bicyclic) bond motifs is 2. The van der Waals surface area contributed by atoms with Gasteiger partial charge in [-0.1, -0.05) is 18.2 Å². The molecule has 2 bridgehead atoms. The van der Waals surface area contributed by atoms with Gasteiger partial charge in [-0.2, -0.15) is 5.10 Å². The molecule has 0 unspecified atom stereocenters. The molecule has 2 atom stereocenters. The number of carbonyl (C=O) groups excluding carboxylic acids is 1. The van der Waals surface area contributed by atoms with Gasteiger partial charge in [0, 0.05) is 36.4 Å². The van der Waals surface area contributed by atoms with E-state index in [1.54, 1.807) is 0 Å². The highest BCUT2D eigenvalue weighted by Crippen LogP contribution is 2.29. The molecule has 26 heavy (non-hydrogen) atoms. The molecule has 2 aromatic rings. The van der Waals surface area contributed by atoms with Crippen molar-refractivity contribution < 1.29 is 4.79 Å². The molecule has 2 saturated heterocycles. The summed E-state index contributed by atoms with van der Waals surface area (Å²) < 4.78 is 1.95. The third-order valence-corrected chi connectivity index (χ3v) is 6.27. The lowest BCUT2D eigenvalue weighted by Gasteiger charge is -2.26. The second-order valence-corrected chi connectivity index (χ2v) is 7.75. The number of likely N-dealkylation sites (tertiary alicyclic amines) is 1. The molecule has 5 nitrogen and oxygen atoms in total. The van der Waals surface area contributed by atoms with Gasteiger partial charge in [0.15, 0.2) is 0 Å². The lowest BCUT2D eigenvalue weighted by molar-refractivity contribution is -0.130.